The van der Waals surface area contributed by atoms with Crippen LogP contribution in [-0.4, -0.2) is 24.5 Å². The summed E-state index contributed by atoms with van der Waals surface area (Å²) in [6, 6.07) is 20.9. The standard InChI is InChI=1S/C21H21N3O2/c1-26-19-10-7-16(8-11-19)13-14-22-20-12-9-17(15-23-20)21(25)24-18-5-3-2-4-6-18/h2-12,15H,13-14H2,1H3,(H,22,23)(H,24,25). The highest BCUT2D eigenvalue weighted by Gasteiger charge is 2.06. The van der Waals surface area contributed by atoms with Crippen molar-refractivity contribution in [3.63, 3.8) is 0 Å². The quantitative estimate of drug-likeness (QED) is 0.678. The molecule has 0 fully saturated rings. The van der Waals surface area contributed by atoms with Crippen molar-refractivity contribution in [3.8, 4) is 5.75 Å². The first-order valence-corrected chi connectivity index (χ1v) is 8.44. The van der Waals surface area contributed by atoms with Gasteiger partial charge in [0.15, 0.2) is 0 Å². The molecule has 0 unspecified atom stereocenters. The van der Waals surface area contributed by atoms with Crippen LogP contribution in [0, 0.1) is 0 Å². The molecule has 0 radical (unpaired) electrons. The number of pyridine rings is 1. The first-order chi connectivity index (χ1) is 12.7. The van der Waals surface area contributed by atoms with E-state index >= 15 is 0 Å². The number of nitrogens with one attached hydrogen (secondary N) is 2. The molecule has 0 aliphatic carbocycles. The third-order valence-corrected chi connectivity index (χ3v) is 3.94. The number of hydrogen-bond acceptors (Lipinski definition) is 4. The summed E-state index contributed by atoms with van der Waals surface area (Å²) < 4.78 is 5.15. The SMILES string of the molecule is COc1ccc(CCNc2ccc(C(=O)Nc3ccccc3)cn2)cc1. The van der Waals surface area contributed by atoms with E-state index in [-0.39, 0.29) is 5.91 Å². The number of carbonyl (C=O) groups is 1. The molecule has 3 rings (SSSR count). The molecule has 0 saturated heterocycles. The van der Waals surface area contributed by atoms with Crippen molar-refractivity contribution in [1.29, 1.82) is 0 Å². The molecule has 0 saturated carbocycles. The first-order valence-electron chi connectivity index (χ1n) is 8.44. The zero-order valence-electron chi connectivity index (χ0n) is 14.6. The van der Waals surface area contributed by atoms with Crippen molar-refractivity contribution in [2.24, 2.45) is 0 Å². The van der Waals surface area contributed by atoms with Gasteiger partial charge in [-0.2, -0.15) is 0 Å². The van der Waals surface area contributed by atoms with E-state index in [2.05, 4.69) is 15.6 Å². The fraction of sp³-hybridized carbons (Fsp3) is 0.143. The van der Waals surface area contributed by atoms with Crippen LogP contribution < -0.4 is 15.4 Å². The fourth-order valence-corrected chi connectivity index (χ4v) is 2.48. The van der Waals surface area contributed by atoms with Gasteiger partial charge >= 0.3 is 0 Å². The number of hydrogen-bond donors (Lipinski definition) is 2. The highest BCUT2D eigenvalue weighted by molar-refractivity contribution is 6.04. The monoisotopic (exact) mass is 347 g/mol. The molecular weight excluding hydrogens is 326 g/mol. The second-order valence-corrected chi connectivity index (χ2v) is 5.78. The molecule has 0 bridgehead atoms. The summed E-state index contributed by atoms with van der Waals surface area (Å²) in [6.07, 6.45) is 2.45. The Balaban J connectivity index is 1.50. The van der Waals surface area contributed by atoms with Crippen LogP contribution in [0.1, 0.15) is 15.9 Å². The van der Waals surface area contributed by atoms with Gasteiger partial charge in [-0.1, -0.05) is 30.3 Å². The normalized spacial score (nSPS) is 10.2. The van der Waals surface area contributed by atoms with Crippen molar-refractivity contribution < 1.29 is 9.53 Å². The molecule has 1 heterocycles. The Hall–Kier alpha value is -3.34. The average molecular weight is 347 g/mol. The smallest absolute Gasteiger partial charge is 0.257 e. The number of nitrogens with zero attached hydrogens (tertiary/aromatic N) is 1. The Labute approximate surface area is 153 Å². The van der Waals surface area contributed by atoms with Gasteiger partial charge in [0.05, 0.1) is 12.7 Å². The van der Waals surface area contributed by atoms with Crippen molar-refractivity contribution in [2.75, 3.05) is 24.3 Å². The highest BCUT2D eigenvalue weighted by atomic mass is 16.5. The Kier molecular flexibility index (Phi) is 5.83. The minimum absolute atomic E-state index is 0.173. The minimum Gasteiger partial charge on any atom is -0.497 e. The number of para-hydroxylation sites is 1. The molecule has 3 aromatic rings. The van der Waals surface area contributed by atoms with Gasteiger partial charge in [0.1, 0.15) is 11.6 Å². The van der Waals surface area contributed by atoms with E-state index in [0.29, 0.717) is 5.56 Å². The number of methoxy groups -OCH3 is 1. The summed E-state index contributed by atoms with van der Waals surface area (Å²) in [5, 5.41) is 6.11. The van der Waals surface area contributed by atoms with E-state index in [4.69, 9.17) is 4.74 Å². The molecule has 2 aromatic carbocycles. The average Bonchev–Trinajstić information content (AvgIpc) is 2.70. The van der Waals surface area contributed by atoms with Crippen LogP contribution in [0.5, 0.6) is 5.75 Å². The maximum atomic E-state index is 12.2. The van der Waals surface area contributed by atoms with Gasteiger partial charge in [-0.15, -0.1) is 0 Å². The summed E-state index contributed by atoms with van der Waals surface area (Å²) in [6.45, 7) is 0.759. The molecule has 0 spiro atoms. The van der Waals surface area contributed by atoms with Crippen LogP contribution in [0.2, 0.25) is 0 Å². The van der Waals surface area contributed by atoms with Crippen LogP contribution in [0.3, 0.4) is 0 Å². The zero-order valence-corrected chi connectivity index (χ0v) is 14.6. The van der Waals surface area contributed by atoms with E-state index in [1.165, 1.54) is 5.56 Å². The Morgan fingerprint density at radius 1 is 1.00 bits per heavy atom. The van der Waals surface area contributed by atoms with Crippen LogP contribution in [0.4, 0.5) is 11.5 Å². The largest absolute Gasteiger partial charge is 0.497 e. The second kappa shape index (κ2) is 8.67. The van der Waals surface area contributed by atoms with Crippen LogP contribution >= 0.6 is 0 Å². The van der Waals surface area contributed by atoms with Crippen LogP contribution in [0.25, 0.3) is 0 Å². The number of aromatic nitrogens is 1. The van der Waals surface area contributed by atoms with Gasteiger partial charge in [0.2, 0.25) is 0 Å². The third-order valence-electron chi connectivity index (χ3n) is 3.94. The fourth-order valence-electron chi connectivity index (χ4n) is 2.48. The van der Waals surface area contributed by atoms with E-state index in [9.17, 15) is 4.79 Å². The molecule has 5 heteroatoms. The lowest BCUT2D eigenvalue weighted by molar-refractivity contribution is 0.102. The summed E-state index contributed by atoms with van der Waals surface area (Å²) >= 11 is 0. The van der Waals surface area contributed by atoms with Gasteiger partial charge in [-0.05, 0) is 48.4 Å². The molecule has 1 amide bonds. The molecule has 2 N–H and O–H groups in total. The van der Waals surface area contributed by atoms with Gasteiger partial charge in [0, 0.05) is 18.4 Å². The molecule has 132 valence electrons. The number of anilines is 2. The lowest BCUT2D eigenvalue weighted by Crippen LogP contribution is -2.12. The van der Waals surface area contributed by atoms with Crippen molar-refractivity contribution >= 4 is 17.4 Å². The van der Waals surface area contributed by atoms with E-state index in [1.54, 1.807) is 19.4 Å². The van der Waals surface area contributed by atoms with Crippen LogP contribution in [-0.2, 0) is 6.42 Å². The number of amides is 1. The molecule has 26 heavy (non-hydrogen) atoms. The lowest BCUT2D eigenvalue weighted by atomic mass is 10.1. The van der Waals surface area contributed by atoms with Gasteiger partial charge in [-0.3, -0.25) is 4.79 Å². The number of ether oxygens (including phenoxy) is 1. The van der Waals surface area contributed by atoms with E-state index in [0.717, 1.165) is 30.2 Å². The van der Waals surface area contributed by atoms with Gasteiger partial charge in [-0.25, -0.2) is 4.98 Å². The predicted molar refractivity (Wildman–Crippen MR) is 104 cm³/mol. The molecular formula is C21H21N3O2. The van der Waals surface area contributed by atoms with E-state index < -0.39 is 0 Å². The van der Waals surface area contributed by atoms with Crippen molar-refractivity contribution in [1.82, 2.24) is 4.98 Å². The molecule has 5 nitrogen and oxygen atoms in total. The molecule has 0 atom stereocenters. The highest BCUT2D eigenvalue weighted by Crippen LogP contribution is 2.13. The first kappa shape index (κ1) is 17.5. The van der Waals surface area contributed by atoms with Crippen molar-refractivity contribution in [2.45, 2.75) is 6.42 Å². The Morgan fingerprint density at radius 3 is 2.42 bits per heavy atom. The maximum Gasteiger partial charge on any atom is 0.257 e. The second-order valence-electron chi connectivity index (χ2n) is 5.78. The minimum atomic E-state index is -0.173. The van der Waals surface area contributed by atoms with E-state index in [1.807, 2.05) is 60.7 Å². The summed E-state index contributed by atoms with van der Waals surface area (Å²) in [5.41, 5.74) is 2.51. The molecule has 0 aliphatic rings. The van der Waals surface area contributed by atoms with Crippen molar-refractivity contribution in [3.05, 3.63) is 84.1 Å². The maximum absolute atomic E-state index is 12.2. The number of rotatable bonds is 7. The zero-order chi connectivity index (χ0) is 18.2. The summed E-state index contributed by atoms with van der Waals surface area (Å²) in [5.74, 6) is 1.43. The predicted octanol–water partition coefficient (Wildman–Crippen LogP) is 4.00. The topological polar surface area (TPSA) is 63.2 Å². The molecule has 0 aliphatic heterocycles. The lowest BCUT2D eigenvalue weighted by Gasteiger charge is -2.08. The third kappa shape index (κ3) is 4.83. The van der Waals surface area contributed by atoms with Gasteiger partial charge in [0.25, 0.3) is 5.91 Å². The summed E-state index contributed by atoms with van der Waals surface area (Å²) in [4.78, 5) is 16.5. The number of carbonyl (C=O) groups excluding carboxylic acids is 1. The Morgan fingerprint density at radius 2 is 1.77 bits per heavy atom. The summed E-state index contributed by atoms with van der Waals surface area (Å²) in [7, 11) is 1.66. The number of benzene rings is 2. The Bertz CT molecular complexity index is 831. The van der Waals surface area contributed by atoms with Gasteiger partial charge < -0.3 is 15.4 Å². The molecule has 1 aromatic heterocycles. The van der Waals surface area contributed by atoms with Crippen LogP contribution in [0.15, 0.2) is 72.9 Å².